The minimum Gasteiger partial charge on any atom is -1.00 e. The summed E-state index contributed by atoms with van der Waals surface area (Å²) in [5.74, 6) is 0. The number of quaternary nitrogens is 1. The molecule has 22 heavy (non-hydrogen) atoms. The van der Waals surface area contributed by atoms with Crippen LogP contribution in [0.1, 0.15) is 84.0 Å². The second-order valence-corrected chi connectivity index (χ2v) is 7.52. The Morgan fingerprint density at radius 1 is 0.591 bits per heavy atom. The average Bonchev–Trinajstić information content (AvgIpc) is 2.42. The highest BCUT2D eigenvalue weighted by atomic mass is 35.5. The van der Waals surface area contributed by atoms with Gasteiger partial charge < -0.3 is 21.6 Å². The van der Waals surface area contributed by atoms with Crippen LogP contribution in [0.5, 0.6) is 0 Å². The van der Waals surface area contributed by atoms with Gasteiger partial charge in [0.25, 0.3) is 0 Å². The zero-order chi connectivity index (χ0) is 15.8. The molecule has 0 N–H and O–H groups in total. The fourth-order valence-electron chi connectivity index (χ4n) is 2.49. The molecule has 0 aromatic carbocycles. The minimum absolute atomic E-state index is 0. The molecule has 0 bridgehead atoms. The summed E-state index contributed by atoms with van der Waals surface area (Å²) in [4.78, 5) is 0. The number of likely N-dealkylation sites (N-methyl/N-ethyl adjacent to an activating group) is 1. The fourth-order valence-corrected chi connectivity index (χ4v) is 2.49. The van der Waals surface area contributed by atoms with E-state index in [4.69, 9.17) is 4.74 Å². The molecule has 0 heterocycles. The van der Waals surface area contributed by atoms with Crippen molar-refractivity contribution < 1.29 is 21.6 Å². The lowest BCUT2D eigenvalue weighted by Crippen LogP contribution is -3.00. The maximum absolute atomic E-state index is 5.69. The molecule has 0 unspecified atom stereocenters. The molecule has 0 aliphatic heterocycles. The van der Waals surface area contributed by atoms with Crippen molar-refractivity contribution in [2.45, 2.75) is 84.0 Å². The van der Waals surface area contributed by atoms with Gasteiger partial charge in [0.2, 0.25) is 0 Å². The van der Waals surface area contributed by atoms with Gasteiger partial charge in [-0.3, -0.25) is 0 Å². The maximum atomic E-state index is 5.69. The molecular formula is C19H42ClNO. The van der Waals surface area contributed by atoms with Crippen LogP contribution in [0, 0.1) is 0 Å². The van der Waals surface area contributed by atoms with Gasteiger partial charge >= 0.3 is 0 Å². The van der Waals surface area contributed by atoms with Gasteiger partial charge in [-0.15, -0.1) is 0 Å². The van der Waals surface area contributed by atoms with Crippen molar-refractivity contribution in [1.82, 2.24) is 0 Å². The van der Waals surface area contributed by atoms with E-state index in [9.17, 15) is 0 Å². The molecule has 0 spiro atoms. The van der Waals surface area contributed by atoms with Crippen LogP contribution in [-0.4, -0.2) is 45.4 Å². The Morgan fingerprint density at radius 3 is 1.41 bits per heavy atom. The molecule has 0 amide bonds. The highest BCUT2D eigenvalue weighted by Crippen LogP contribution is 2.11. The lowest BCUT2D eigenvalue weighted by Gasteiger charge is -2.23. The highest BCUT2D eigenvalue weighted by Gasteiger charge is 2.05. The average molecular weight is 336 g/mol. The lowest BCUT2D eigenvalue weighted by molar-refractivity contribution is -0.870. The van der Waals surface area contributed by atoms with E-state index in [-0.39, 0.29) is 12.4 Å². The van der Waals surface area contributed by atoms with Crippen molar-refractivity contribution in [3.63, 3.8) is 0 Å². The predicted octanol–water partition coefficient (Wildman–Crippen LogP) is 2.41. The smallest absolute Gasteiger partial charge is 0.102 e. The monoisotopic (exact) mass is 335 g/mol. The third kappa shape index (κ3) is 22.5. The summed E-state index contributed by atoms with van der Waals surface area (Å²) >= 11 is 0. The van der Waals surface area contributed by atoms with Gasteiger partial charge in [-0.1, -0.05) is 77.6 Å². The van der Waals surface area contributed by atoms with Gasteiger partial charge in [-0.05, 0) is 6.42 Å². The largest absolute Gasteiger partial charge is 1.00 e. The van der Waals surface area contributed by atoms with Crippen molar-refractivity contribution in [3.8, 4) is 0 Å². The summed E-state index contributed by atoms with van der Waals surface area (Å²) in [6.07, 6.45) is 16.9. The van der Waals surface area contributed by atoms with E-state index in [1.54, 1.807) is 0 Å². The Morgan fingerprint density at radius 2 is 1.00 bits per heavy atom. The van der Waals surface area contributed by atoms with Gasteiger partial charge in [0.1, 0.15) is 6.54 Å². The van der Waals surface area contributed by atoms with E-state index < -0.39 is 0 Å². The Balaban J connectivity index is 0. The van der Waals surface area contributed by atoms with Crippen LogP contribution in [0.15, 0.2) is 0 Å². The lowest BCUT2D eigenvalue weighted by atomic mass is 10.1. The van der Waals surface area contributed by atoms with Crippen LogP contribution in [-0.2, 0) is 4.74 Å². The van der Waals surface area contributed by atoms with Crippen molar-refractivity contribution >= 4 is 0 Å². The molecule has 136 valence electrons. The molecule has 0 aliphatic rings. The summed E-state index contributed by atoms with van der Waals surface area (Å²) < 4.78 is 6.68. The number of hydrogen-bond acceptors (Lipinski definition) is 1. The first-order valence-electron chi connectivity index (χ1n) is 9.44. The number of halogens is 1. The molecule has 0 saturated heterocycles. The highest BCUT2D eigenvalue weighted by molar-refractivity contribution is 4.48. The minimum atomic E-state index is 0. The topological polar surface area (TPSA) is 9.23 Å². The number of rotatable bonds is 16. The molecular weight excluding hydrogens is 294 g/mol. The van der Waals surface area contributed by atoms with E-state index in [2.05, 4.69) is 28.1 Å². The third-order valence-electron chi connectivity index (χ3n) is 4.05. The van der Waals surface area contributed by atoms with Gasteiger partial charge in [-0.25, -0.2) is 0 Å². The Hall–Kier alpha value is 0.210. The number of nitrogens with zero attached hydrogens (tertiary/aromatic N) is 1. The molecule has 0 aliphatic carbocycles. The summed E-state index contributed by atoms with van der Waals surface area (Å²) in [7, 11) is 6.65. The van der Waals surface area contributed by atoms with Crippen molar-refractivity contribution in [2.75, 3.05) is 40.9 Å². The number of ether oxygens (including phenoxy) is 1. The predicted molar refractivity (Wildman–Crippen MR) is 94.8 cm³/mol. The summed E-state index contributed by atoms with van der Waals surface area (Å²) in [5, 5.41) is 0. The number of hydrogen-bond donors (Lipinski definition) is 0. The second kappa shape index (κ2) is 17.6. The Labute approximate surface area is 147 Å². The van der Waals surface area contributed by atoms with Crippen LogP contribution in [0.4, 0.5) is 0 Å². The maximum Gasteiger partial charge on any atom is 0.102 e. The van der Waals surface area contributed by atoms with E-state index in [1.165, 1.54) is 77.0 Å². The van der Waals surface area contributed by atoms with Crippen molar-refractivity contribution in [1.29, 1.82) is 0 Å². The van der Waals surface area contributed by atoms with Gasteiger partial charge in [0, 0.05) is 6.61 Å². The van der Waals surface area contributed by atoms with Crippen LogP contribution in [0.3, 0.4) is 0 Å². The first-order valence-corrected chi connectivity index (χ1v) is 9.44. The summed E-state index contributed by atoms with van der Waals surface area (Å²) in [5.41, 5.74) is 0. The molecule has 2 nitrogen and oxygen atoms in total. The van der Waals surface area contributed by atoms with Crippen LogP contribution >= 0.6 is 0 Å². The molecule has 0 fully saturated rings. The van der Waals surface area contributed by atoms with Crippen LogP contribution < -0.4 is 12.4 Å². The normalized spacial score (nSPS) is 11.5. The van der Waals surface area contributed by atoms with Crippen molar-refractivity contribution in [2.24, 2.45) is 0 Å². The first kappa shape index (κ1) is 24.5. The van der Waals surface area contributed by atoms with E-state index in [0.717, 1.165) is 24.2 Å². The zero-order valence-electron chi connectivity index (χ0n) is 15.8. The Bertz CT molecular complexity index is 204. The molecule has 0 aromatic heterocycles. The van der Waals surface area contributed by atoms with Crippen LogP contribution in [0.2, 0.25) is 0 Å². The van der Waals surface area contributed by atoms with E-state index in [0.29, 0.717) is 0 Å². The molecule has 0 rings (SSSR count). The summed E-state index contributed by atoms with van der Waals surface area (Å²) in [6, 6.07) is 0. The van der Waals surface area contributed by atoms with Crippen LogP contribution in [0.25, 0.3) is 0 Å². The second-order valence-electron chi connectivity index (χ2n) is 7.52. The molecule has 3 heteroatoms. The van der Waals surface area contributed by atoms with Gasteiger partial charge in [0.05, 0.1) is 27.7 Å². The van der Waals surface area contributed by atoms with Crippen molar-refractivity contribution in [3.05, 3.63) is 0 Å². The zero-order valence-corrected chi connectivity index (χ0v) is 16.6. The molecule has 0 atom stereocenters. The standard InChI is InChI=1S/C19H42NO.ClH/c1-5-6-7-8-9-10-11-12-13-14-15-16-18-21-19-17-20(2,3)4;/h5-19H2,1-4H3;1H/q+1;/p-1. The van der Waals surface area contributed by atoms with E-state index in [1.807, 2.05) is 0 Å². The fraction of sp³-hybridized carbons (Fsp3) is 1.00. The SMILES string of the molecule is CCCCCCCCCCCCCCOCC[N+](C)(C)C.[Cl-]. The third-order valence-corrected chi connectivity index (χ3v) is 4.05. The quantitative estimate of drug-likeness (QED) is 0.311. The summed E-state index contributed by atoms with van der Waals surface area (Å²) in [6.45, 7) is 5.26. The van der Waals surface area contributed by atoms with E-state index >= 15 is 0 Å². The van der Waals surface area contributed by atoms with Gasteiger partial charge in [-0.2, -0.15) is 0 Å². The molecule has 0 saturated carbocycles. The van der Waals surface area contributed by atoms with Gasteiger partial charge in [0.15, 0.2) is 0 Å². The number of unbranched alkanes of at least 4 members (excludes halogenated alkanes) is 11. The first-order chi connectivity index (χ1) is 10.1. The Kier molecular flexibility index (Phi) is 19.5. The molecule has 0 aromatic rings. The molecule has 0 radical (unpaired) electrons.